The maximum atomic E-state index is 13.2. The highest BCUT2D eigenvalue weighted by molar-refractivity contribution is 9.10. The van der Waals surface area contributed by atoms with Crippen LogP contribution in [0.25, 0.3) is 0 Å². The number of hydrogen-bond donors (Lipinski definition) is 1. The lowest BCUT2D eigenvalue weighted by molar-refractivity contribution is -0.0482. The smallest absolute Gasteiger partial charge is 0.248 e. The van der Waals surface area contributed by atoms with E-state index in [9.17, 15) is 8.78 Å². The molecule has 1 heterocycles. The first-order valence-corrected chi connectivity index (χ1v) is 7.98. The first-order chi connectivity index (χ1) is 9.34. The Kier molecular flexibility index (Phi) is 4.84. The first kappa shape index (κ1) is 15.9. The molecule has 1 aliphatic rings. The van der Waals surface area contributed by atoms with E-state index < -0.39 is 5.92 Å². The molecule has 1 aromatic heterocycles. The molecule has 0 amide bonds. The summed E-state index contributed by atoms with van der Waals surface area (Å²) in [4.78, 5) is 0. The molecule has 6 heteroatoms. The summed E-state index contributed by atoms with van der Waals surface area (Å²) < 4.78 is 29.3. The Morgan fingerprint density at radius 3 is 2.60 bits per heavy atom. The topological polar surface area (TPSA) is 43.8 Å². The summed E-state index contributed by atoms with van der Waals surface area (Å²) in [6, 6.07) is -0.0798. The molecule has 0 aromatic carbocycles. The van der Waals surface area contributed by atoms with Crippen molar-refractivity contribution < 1.29 is 8.78 Å². The highest BCUT2D eigenvalue weighted by Gasteiger charge is 2.37. The van der Waals surface area contributed by atoms with Crippen molar-refractivity contribution in [2.45, 2.75) is 64.5 Å². The number of rotatable bonds is 4. The van der Waals surface area contributed by atoms with Crippen LogP contribution in [0.5, 0.6) is 0 Å². The van der Waals surface area contributed by atoms with Gasteiger partial charge in [-0.25, -0.2) is 8.78 Å². The van der Waals surface area contributed by atoms with Crippen LogP contribution < -0.4 is 5.73 Å². The molecule has 2 N–H and O–H groups in total. The van der Waals surface area contributed by atoms with Crippen LogP contribution in [0.2, 0.25) is 0 Å². The normalized spacial score (nSPS) is 21.1. The average Bonchev–Trinajstić information content (AvgIpc) is 2.66. The van der Waals surface area contributed by atoms with Gasteiger partial charge in [-0.15, -0.1) is 0 Å². The van der Waals surface area contributed by atoms with Gasteiger partial charge in [-0.1, -0.05) is 0 Å². The van der Waals surface area contributed by atoms with Gasteiger partial charge in [0.05, 0.1) is 15.9 Å². The molecule has 1 aliphatic carbocycles. The molecule has 0 aliphatic heterocycles. The molecule has 1 aromatic rings. The molecular weight excluding hydrogens is 328 g/mol. The summed E-state index contributed by atoms with van der Waals surface area (Å²) in [7, 11) is 0. The van der Waals surface area contributed by atoms with Crippen molar-refractivity contribution >= 4 is 15.9 Å². The third-order valence-corrected chi connectivity index (χ3v) is 5.28. The predicted octanol–water partition coefficient (Wildman–Crippen LogP) is 3.67. The first-order valence-electron chi connectivity index (χ1n) is 7.19. The van der Waals surface area contributed by atoms with E-state index in [1.165, 1.54) is 0 Å². The molecule has 114 valence electrons. The Labute approximate surface area is 127 Å². The van der Waals surface area contributed by atoms with Gasteiger partial charge in [-0.05, 0) is 48.5 Å². The zero-order valence-corrected chi connectivity index (χ0v) is 13.6. The number of nitrogens with zero attached hydrogens (tertiary/aromatic N) is 2. The van der Waals surface area contributed by atoms with Crippen LogP contribution in [-0.2, 0) is 13.0 Å². The number of aryl methyl sites for hydroxylation is 2. The van der Waals surface area contributed by atoms with Gasteiger partial charge < -0.3 is 5.73 Å². The van der Waals surface area contributed by atoms with E-state index in [1.807, 2.05) is 18.5 Å². The molecule has 1 atom stereocenters. The largest absolute Gasteiger partial charge is 0.327 e. The van der Waals surface area contributed by atoms with Crippen LogP contribution in [-0.4, -0.2) is 21.7 Å². The van der Waals surface area contributed by atoms with Gasteiger partial charge in [0.25, 0.3) is 0 Å². The van der Waals surface area contributed by atoms with Crippen molar-refractivity contribution in [3.05, 3.63) is 15.9 Å². The molecule has 0 radical (unpaired) electrons. The third-order valence-electron chi connectivity index (χ3n) is 4.25. The quantitative estimate of drug-likeness (QED) is 0.901. The lowest BCUT2D eigenvalue weighted by atomic mass is 9.81. The fourth-order valence-corrected chi connectivity index (χ4v) is 3.39. The molecule has 3 nitrogen and oxygen atoms in total. The zero-order chi connectivity index (χ0) is 14.9. The van der Waals surface area contributed by atoms with Gasteiger partial charge >= 0.3 is 0 Å². The van der Waals surface area contributed by atoms with Crippen LogP contribution in [0, 0.1) is 12.8 Å². The molecule has 2 rings (SSSR count). The van der Waals surface area contributed by atoms with Crippen molar-refractivity contribution in [3.63, 3.8) is 0 Å². The van der Waals surface area contributed by atoms with Gasteiger partial charge in [0.15, 0.2) is 0 Å². The molecule has 0 spiro atoms. The molecule has 20 heavy (non-hydrogen) atoms. The maximum absolute atomic E-state index is 13.2. The Hall–Kier alpha value is -0.490. The Bertz CT molecular complexity index is 463. The van der Waals surface area contributed by atoms with E-state index in [0.29, 0.717) is 19.3 Å². The fraction of sp³-hybridized carbons (Fsp3) is 0.786. The SMILES string of the molecule is CCn1nc(C)c(Br)c1CC(N)C1CCC(F)(F)CC1. The van der Waals surface area contributed by atoms with E-state index in [-0.39, 0.29) is 24.8 Å². The minimum atomic E-state index is -2.49. The van der Waals surface area contributed by atoms with Crippen molar-refractivity contribution in [3.8, 4) is 0 Å². The third kappa shape index (κ3) is 3.39. The zero-order valence-electron chi connectivity index (χ0n) is 12.0. The Morgan fingerprint density at radius 2 is 2.05 bits per heavy atom. The number of aromatic nitrogens is 2. The minimum Gasteiger partial charge on any atom is -0.327 e. The Morgan fingerprint density at radius 1 is 1.45 bits per heavy atom. The molecule has 1 saturated carbocycles. The summed E-state index contributed by atoms with van der Waals surface area (Å²) in [5.41, 5.74) is 8.29. The summed E-state index contributed by atoms with van der Waals surface area (Å²) in [5.74, 6) is -2.31. The van der Waals surface area contributed by atoms with Crippen LogP contribution >= 0.6 is 15.9 Å². The highest BCUT2D eigenvalue weighted by atomic mass is 79.9. The average molecular weight is 350 g/mol. The minimum absolute atomic E-state index is 0.0292. The van der Waals surface area contributed by atoms with Crippen LogP contribution in [0.1, 0.15) is 44.0 Å². The number of alkyl halides is 2. The van der Waals surface area contributed by atoms with Crippen molar-refractivity contribution in [1.82, 2.24) is 9.78 Å². The van der Waals surface area contributed by atoms with Gasteiger partial charge in [0.2, 0.25) is 5.92 Å². The van der Waals surface area contributed by atoms with Crippen molar-refractivity contribution in [1.29, 1.82) is 0 Å². The van der Waals surface area contributed by atoms with Crippen LogP contribution in [0.4, 0.5) is 8.78 Å². The lowest BCUT2D eigenvalue weighted by Crippen LogP contribution is -2.38. The van der Waals surface area contributed by atoms with Crippen LogP contribution in [0.15, 0.2) is 4.47 Å². The molecule has 0 bridgehead atoms. The van der Waals surface area contributed by atoms with E-state index in [4.69, 9.17) is 5.73 Å². The van der Waals surface area contributed by atoms with Crippen molar-refractivity contribution in [2.75, 3.05) is 0 Å². The molecule has 0 saturated heterocycles. The second-order valence-corrected chi connectivity index (χ2v) is 6.52. The fourth-order valence-electron chi connectivity index (χ4n) is 2.94. The number of hydrogen-bond acceptors (Lipinski definition) is 2. The van der Waals surface area contributed by atoms with Crippen LogP contribution in [0.3, 0.4) is 0 Å². The van der Waals surface area contributed by atoms with Crippen molar-refractivity contribution in [2.24, 2.45) is 11.7 Å². The molecular formula is C14H22BrF2N3. The second-order valence-electron chi connectivity index (χ2n) is 5.72. The molecule has 1 unspecified atom stereocenters. The molecule has 1 fully saturated rings. The monoisotopic (exact) mass is 349 g/mol. The summed E-state index contributed by atoms with van der Waals surface area (Å²) >= 11 is 3.55. The summed E-state index contributed by atoms with van der Waals surface area (Å²) in [6.07, 6.45) is 1.67. The van der Waals surface area contributed by atoms with Gasteiger partial charge in [-0.3, -0.25) is 4.68 Å². The summed E-state index contributed by atoms with van der Waals surface area (Å²) in [5, 5.41) is 4.44. The van der Waals surface area contributed by atoms with E-state index in [1.54, 1.807) is 0 Å². The van der Waals surface area contributed by atoms with Gasteiger partial charge in [0.1, 0.15) is 0 Å². The van der Waals surface area contributed by atoms with Gasteiger partial charge in [0, 0.05) is 31.8 Å². The number of halogens is 3. The van der Waals surface area contributed by atoms with E-state index >= 15 is 0 Å². The Balaban J connectivity index is 2.03. The van der Waals surface area contributed by atoms with E-state index in [2.05, 4.69) is 21.0 Å². The lowest BCUT2D eigenvalue weighted by Gasteiger charge is -2.32. The maximum Gasteiger partial charge on any atom is 0.248 e. The number of nitrogens with two attached hydrogens (primary N) is 1. The highest BCUT2D eigenvalue weighted by Crippen LogP contribution is 2.38. The second kappa shape index (κ2) is 6.10. The summed E-state index contributed by atoms with van der Waals surface area (Å²) in [6.45, 7) is 4.78. The van der Waals surface area contributed by atoms with Gasteiger partial charge in [-0.2, -0.15) is 5.10 Å². The standard InChI is InChI=1S/C14H22BrF2N3/c1-3-20-12(13(15)9(2)19-20)8-11(18)10-4-6-14(16,17)7-5-10/h10-11H,3-8,18H2,1-2H3. The van der Waals surface area contributed by atoms with E-state index in [0.717, 1.165) is 22.4 Å². The predicted molar refractivity (Wildman–Crippen MR) is 78.9 cm³/mol.